The van der Waals surface area contributed by atoms with Crippen LogP contribution in [0.2, 0.25) is 0 Å². The first-order valence-electron chi connectivity index (χ1n) is 7.68. The molecule has 1 aliphatic carbocycles. The number of ether oxygens (including phenoxy) is 1. The minimum atomic E-state index is -0.549. The molecule has 132 valence electrons. The summed E-state index contributed by atoms with van der Waals surface area (Å²) in [5, 5.41) is 2.73. The van der Waals surface area contributed by atoms with Crippen LogP contribution in [0.4, 0.5) is 4.79 Å². The molecule has 0 aliphatic heterocycles. The highest BCUT2D eigenvalue weighted by Crippen LogP contribution is 2.35. The Morgan fingerprint density at radius 1 is 1.30 bits per heavy atom. The maximum absolute atomic E-state index is 12.2. The second-order valence-corrected chi connectivity index (χ2v) is 7.74. The van der Waals surface area contributed by atoms with Gasteiger partial charge < -0.3 is 20.7 Å². The van der Waals surface area contributed by atoms with Crippen molar-refractivity contribution >= 4 is 29.7 Å². The largest absolute Gasteiger partial charge is 0.444 e. The van der Waals surface area contributed by atoms with E-state index in [0.29, 0.717) is 12.5 Å². The van der Waals surface area contributed by atoms with Crippen molar-refractivity contribution in [2.75, 3.05) is 25.1 Å². The zero-order valence-electron chi connectivity index (χ0n) is 14.3. The predicted octanol–water partition coefficient (Wildman–Crippen LogP) is 0.967. The number of likely N-dealkylation sites (N-methyl/N-ethyl adjacent to an activating group) is 1. The number of thioether (sulfide) groups is 1. The molecule has 0 radical (unpaired) electrons. The van der Waals surface area contributed by atoms with Crippen LogP contribution in [0.25, 0.3) is 0 Å². The Bertz CT molecular complexity index is 446. The van der Waals surface area contributed by atoms with Crippen LogP contribution in [0, 0.1) is 5.92 Å². The summed E-state index contributed by atoms with van der Waals surface area (Å²) in [6.07, 6.45) is 1.62. The van der Waals surface area contributed by atoms with Crippen LogP contribution in [0.3, 0.4) is 0 Å². The molecular weight excluding hydrogens is 318 g/mol. The molecule has 1 fully saturated rings. The highest BCUT2D eigenvalue weighted by molar-refractivity contribution is 8.00. The lowest BCUT2D eigenvalue weighted by molar-refractivity contribution is -0.129. The third kappa shape index (κ3) is 8.11. The summed E-state index contributed by atoms with van der Waals surface area (Å²) in [5.74, 6) is 0.230. The molecule has 0 bridgehead atoms. The molecule has 0 aromatic carbocycles. The molecule has 0 saturated heterocycles. The molecule has 1 rings (SSSR count). The van der Waals surface area contributed by atoms with Gasteiger partial charge in [0.15, 0.2) is 0 Å². The van der Waals surface area contributed by atoms with E-state index in [1.165, 1.54) is 11.8 Å². The minimum Gasteiger partial charge on any atom is -0.444 e. The quantitative estimate of drug-likeness (QED) is 0.682. The van der Waals surface area contributed by atoms with Crippen molar-refractivity contribution < 1.29 is 19.1 Å². The average molecular weight is 345 g/mol. The Morgan fingerprint density at radius 3 is 2.39 bits per heavy atom. The molecular formula is C15H27N3O4S. The van der Waals surface area contributed by atoms with Gasteiger partial charge in [-0.05, 0) is 39.5 Å². The highest BCUT2D eigenvalue weighted by Gasteiger charge is 2.36. The number of carbonyl (C=O) groups excluding carboxylic acids is 3. The second-order valence-electron chi connectivity index (χ2n) is 6.75. The standard InChI is InChI=1S/C15H27N3O4S/c1-15(2,3)22-14(21)17-7-11(10-5-6-10)18(4)13(20)9-23-8-12(16)19/h10-11H,5-9H2,1-4H3,(H2,16,19)(H,17,21)/t11-/m0/s1. The SMILES string of the molecule is CN(C(=O)CSCC(N)=O)[C@@H](CNC(=O)OC(C)(C)C)C1CC1. The van der Waals surface area contributed by atoms with E-state index in [1.54, 1.807) is 32.7 Å². The van der Waals surface area contributed by atoms with E-state index in [9.17, 15) is 14.4 Å². The molecule has 1 saturated carbocycles. The van der Waals surface area contributed by atoms with Crippen molar-refractivity contribution in [1.29, 1.82) is 0 Å². The van der Waals surface area contributed by atoms with Crippen molar-refractivity contribution in [1.82, 2.24) is 10.2 Å². The van der Waals surface area contributed by atoms with Crippen LogP contribution in [0.15, 0.2) is 0 Å². The third-order valence-electron chi connectivity index (χ3n) is 3.38. The van der Waals surface area contributed by atoms with Gasteiger partial charge in [-0.15, -0.1) is 11.8 Å². The number of carbonyl (C=O) groups is 3. The van der Waals surface area contributed by atoms with E-state index in [-0.39, 0.29) is 23.5 Å². The van der Waals surface area contributed by atoms with E-state index in [2.05, 4.69) is 5.32 Å². The zero-order chi connectivity index (χ0) is 17.6. The maximum Gasteiger partial charge on any atom is 0.407 e. The number of hydrogen-bond acceptors (Lipinski definition) is 5. The van der Waals surface area contributed by atoms with Gasteiger partial charge in [-0.3, -0.25) is 9.59 Å². The Hall–Kier alpha value is -1.44. The Kier molecular flexibility index (Phi) is 7.18. The van der Waals surface area contributed by atoms with Crippen molar-refractivity contribution in [2.45, 2.75) is 45.3 Å². The Morgan fingerprint density at radius 2 is 1.91 bits per heavy atom. The van der Waals surface area contributed by atoms with Crippen LogP contribution in [-0.2, 0) is 14.3 Å². The van der Waals surface area contributed by atoms with Gasteiger partial charge in [0.25, 0.3) is 0 Å². The van der Waals surface area contributed by atoms with E-state index in [1.807, 2.05) is 0 Å². The number of rotatable bonds is 8. The van der Waals surface area contributed by atoms with E-state index >= 15 is 0 Å². The molecule has 8 heteroatoms. The molecule has 3 N–H and O–H groups in total. The fourth-order valence-electron chi connectivity index (χ4n) is 2.13. The van der Waals surface area contributed by atoms with Crippen molar-refractivity contribution in [2.24, 2.45) is 11.7 Å². The van der Waals surface area contributed by atoms with E-state index in [4.69, 9.17) is 10.5 Å². The van der Waals surface area contributed by atoms with Gasteiger partial charge in [0.05, 0.1) is 17.5 Å². The number of alkyl carbamates (subject to hydrolysis) is 1. The van der Waals surface area contributed by atoms with Gasteiger partial charge in [-0.25, -0.2) is 4.79 Å². The first-order valence-corrected chi connectivity index (χ1v) is 8.84. The summed E-state index contributed by atoms with van der Waals surface area (Å²) < 4.78 is 5.21. The zero-order valence-corrected chi connectivity index (χ0v) is 15.1. The molecule has 0 aromatic heterocycles. The van der Waals surface area contributed by atoms with Gasteiger partial charge in [-0.2, -0.15) is 0 Å². The smallest absolute Gasteiger partial charge is 0.407 e. The van der Waals surface area contributed by atoms with Crippen LogP contribution < -0.4 is 11.1 Å². The van der Waals surface area contributed by atoms with E-state index in [0.717, 1.165) is 12.8 Å². The molecule has 0 spiro atoms. The van der Waals surface area contributed by atoms with Crippen molar-refractivity contribution in [3.8, 4) is 0 Å². The van der Waals surface area contributed by atoms with Gasteiger partial charge in [0, 0.05) is 13.6 Å². The number of amides is 3. The fourth-order valence-corrected chi connectivity index (χ4v) is 2.81. The summed E-state index contributed by atoms with van der Waals surface area (Å²) in [6, 6.07) is -0.0517. The van der Waals surface area contributed by atoms with Gasteiger partial charge in [0.2, 0.25) is 11.8 Å². The third-order valence-corrected chi connectivity index (χ3v) is 4.32. The van der Waals surface area contributed by atoms with E-state index < -0.39 is 17.6 Å². The monoisotopic (exact) mass is 345 g/mol. The molecule has 0 unspecified atom stereocenters. The number of nitrogens with zero attached hydrogens (tertiary/aromatic N) is 1. The van der Waals surface area contributed by atoms with Gasteiger partial charge >= 0.3 is 6.09 Å². The van der Waals surface area contributed by atoms with Crippen molar-refractivity contribution in [3.05, 3.63) is 0 Å². The molecule has 1 aliphatic rings. The summed E-state index contributed by atoms with van der Waals surface area (Å²) in [7, 11) is 1.73. The second kappa shape index (κ2) is 8.42. The van der Waals surface area contributed by atoms with Crippen molar-refractivity contribution in [3.63, 3.8) is 0 Å². The first-order chi connectivity index (χ1) is 10.6. The lowest BCUT2D eigenvalue weighted by Gasteiger charge is -2.29. The molecule has 0 heterocycles. The summed E-state index contributed by atoms with van der Waals surface area (Å²) in [6.45, 7) is 5.77. The number of nitrogens with two attached hydrogens (primary N) is 1. The van der Waals surface area contributed by atoms with Gasteiger partial charge in [-0.1, -0.05) is 0 Å². The van der Waals surface area contributed by atoms with Crippen LogP contribution >= 0.6 is 11.8 Å². The lowest BCUT2D eigenvalue weighted by atomic mass is 10.1. The normalized spacial score (nSPS) is 15.7. The molecule has 1 atom stereocenters. The van der Waals surface area contributed by atoms with Crippen LogP contribution in [0.1, 0.15) is 33.6 Å². The molecule has 0 aromatic rings. The number of hydrogen-bond donors (Lipinski definition) is 2. The highest BCUT2D eigenvalue weighted by atomic mass is 32.2. The average Bonchev–Trinajstić information content (AvgIpc) is 3.20. The predicted molar refractivity (Wildman–Crippen MR) is 90.0 cm³/mol. The minimum absolute atomic E-state index is 0.0517. The summed E-state index contributed by atoms with van der Waals surface area (Å²) in [4.78, 5) is 36.3. The number of nitrogens with one attached hydrogen (secondary N) is 1. The fraction of sp³-hybridized carbons (Fsp3) is 0.800. The molecule has 23 heavy (non-hydrogen) atoms. The Labute approximate surface area is 141 Å². The van der Waals surface area contributed by atoms with Gasteiger partial charge in [0.1, 0.15) is 5.60 Å². The van der Waals surface area contributed by atoms with Crippen LogP contribution in [-0.4, -0.2) is 59.5 Å². The topological polar surface area (TPSA) is 102 Å². The molecule has 7 nitrogen and oxygen atoms in total. The Balaban J connectivity index is 2.46. The summed E-state index contributed by atoms with van der Waals surface area (Å²) >= 11 is 1.20. The number of primary amides is 1. The van der Waals surface area contributed by atoms with Crippen LogP contribution in [0.5, 0.6) is 0 Å². The molecule has 3 amide bonds. The summed E-state index contributed by atoms with van der Waals surface area (Å²) in [5.41, 5.74) is 4.51. The first kappa shape index (κ1) is 19.6. The maximum atomic E-state index is 12.2. The lowest BCUT2D eigenvalue weighted by Crippen LogP contribution is -2.47.